The normalized spacial score (nSPS) is 23.3. The molecule has 0 radical (unpaired) electrons. The highest BCUT2D eigenvalue weighted by atomic mass is 127. The van der Waals surface area contributed by atoms with Gasteiger partial charge in [0.2, 0.25) is 0 Å². The topological polar surface area (TPSA) is 38.8 Å². The molecule has 1 saturated heterocycles. The SMILES string of the molecule is CN(C(=O)OI)C1CCOC1. The van der Waals surface area contributed by atoms with Crippen molar-refractivity contribution in [3.05, 3.63) is 0 Å². The zero-order chi connectivity index (χ0) is 8.27. The quantitative estimate of drug-likeness (QED) is 0.672. The number of carbonyl (C=O) groups excluding carboxylic acids is 1. The lowest BCUT2D eigenvalue weighted by atomic mass is 10.2. The second-order valence-corrected chi connectivity index (χ2v) is 2.91. The van der Waals surface area contributed by atoms with Gasteiger partial charge in [-0.15, -0.1) is 0 Å². The summed E-state index contributed by atoms with van der Waals surface area (Å²) in [5, 5.41) is 0. The summed E-state index contributed by atoms with van der Waals surface area (Å²) in [4.78, 5) is 12.5. The number of hydrogen-bond acceptors (Lipinski definition) is 3. The van der Waals surface area contributed by atoms with Crippen molar-refractivity contribution in [1.82, 2.24) is 4.90 Å². The lowest BCUT2D eigenvalue weighted by molar-refractivity contribution is 0.141. The largest absolute Gasteiger partial charge is 0.419 e. The Labute approximate surface area is 79.5 Å². The van der Waals surface area contributed by atoms with Gasteiger partial charge in [-0.3, -0.25) is 0 Å². The number of carbonyl (C=O) groups is 1. The average molecular weight is 271 g/mol. The summed E-state index contributed by atoms with van der Waals surface area (Å²) in [6, 6.07) is 0.192. The van der Waals surface area contributed by atoms with Crippen LogP contribution < -0.4 is 0 Å². The number of nitrogens with zero attached hydrogens (tertiary/aromatic N) is 1. The number of halogens is 1. The van der Waals surface area contributed by atoms with Gasteiger partial charge in [-0.25, -0.2) is 4.79 Å². The Morgan fingerprint density at radius 2 is 2.55 bits per heavy atom. The summed E-state index contributed by atoms with van der Waals surface area (Å²) >= 11 is 1.58. The van der Waals surface area contributed by atoms with Crippen LogP contribution in [-0.2, 0) is 7.80 Å². The maximum Gasteiger partial charge on any atom is 0.419 e. The predicted octanol–water partition coefficient (Wildman–Crippen LogP) is 1.19. The van der Waals surface area contributed by atoms with Gasteiger partial charge in [-0.05, 0) is 6.42 Å². The summed E-state index contributed by atoms with van der Waals surface area (Å²) in [5.41, 5.74) is 0. The molecule has 5 heteroatoms. The highest BCUT2D eigenvalue weighted by molar-refractivity contribution is 14.1. The minimum Gasteiger partial charge on any atom is -0.379 e. The Kier molecular flexibility index (Phi) is 3.38. The van der Waals surface area contributed by atoms with Crippen molar-refractivity contribution in [3.8, 4) is 0 Å². The van der Waals surface area contributed by atoms with Crippen LogP contribution in [-0.4, -0.2) is 37.3 Å². The van der Waals surface area contributed by atoms with Crippen LogP contribution in [0.1, 0.15) is 6.42 Å². The monoisotopic (exact) mass is 271 g/mol. The molecule has 1 aliphatic heterocycles. The lowest BCUT2D eigenvalue weighted by Crippen LogP contribution is -2.36. The van der Waals surface area contributed by atoms with E-state index in [1.54, 1.807) is 35.0 Å². The van der Waals surface area contributed by atoms with E-state index in [0.717, 1.165) is 13.0 Å². The Morgan fingerprint density at radius 1 is 1.82 bits per heavy atom. The number of ether oxygens (including phenoxy) is 1. The Hall–Kier alpha value is -0.0400. The lowest BCUT2D eigenvalue weighted by Gasteiger charge is -2.20. The van der Waals surface area contributed by atoms with E-state index in [1.165, 1.54) is 0 Å². The second-order valence-electron chi connectivity index (χ2n) is 2.47. The van der Waals surface area contributed by atoms with E-state index in [9.17, 15) is 4.79 Å². The molecule has 0 aromatic heterocycles. The molecule has 1 fully saturated rings. The highest BCUT2D eigenvalue weighted by Crippen LogP contribution is 2.12. The van der Waals surface area contributed by atoms with E-state index in [1.807, 2.05) is 0 Å². The first-order valence-electron chi connectivity index (χ1n) is 3.39. The summed E-state index contributed by atoms with van der Waals surface area (Å²) in [5.74, 6) is 0. The first-order valence-corrected chi connectivity index (χ1v) is 4.27. The fraction of sp³-hybridized carbons (Fsp3) is 0.833. The predicted molar refractivity (Wildman–Crippen MR) is 47.5 cm³/mol. The van der Waals surface area contributed by atoms with Crippen LogP contribution in [0.4, 0.5) is 4.79 Å². The fourth-order valence-electron chi connectivity index (χ4n) is 1.03. The molecule has 1 rings (SSSR count). The fourth-order valence-corrected chi connectivity index (χ4v) is 1.34. The van der Waals surface area contributed by atoms with Gasteiger partial charge in [0.1, 0.15) is 0 Å². The zero-order valence-corrected chi connectivity index (χ0v) is 8.41. The third-order valence-corrected chi connectivity index (χ3v) is 2.18. The molecule has 1 heterocycles. The summed E-state index contributed by atoms with van der Waals surface area (Å²) in [6.07, 6.45) is 0.600. The second kappa shape index (κ2) is 4.10. The van der Waals surface area contributed by atoms with Gasteiger partial charge in [-0.2, -0.15) is 0 Å². The molecular weight excluding hydrogens is 261 g/mol. The van der Waals surface area contributed by atoms with Crippen LogP contribution in [0.2, 0.25) is 0 Å². The maximum atomic E-state index is 10.9. The molecule has 0 spiro atoms. The Morgan fingerprint density at radius 3 is 3.00 bits per heavy atom. The molecule has 1 unspecified atom stereocenters. The van der Waals surface area contributed by atoms with Gasteiger partial charge < -0.3 is 12.7 Å². The standard InChI is InChI=1S/C6H10INO3/c1-8(6(9)11-7)5-2-3-10-4-5/h5H,2-4H2,1H3. The number of likely N-dealkylation sites (N-methyl/N-ethyl adjacent to an activating group) is 1. The van der Waals surface area contributed by atoms with Gasteiger partial charge >= 0.3 is 6.09 Å². The Bertz CT molecular complexity index is 147. The molecule has 1 aliphatic rings. The van der Waals surface area contributed by atoms with Crippen molar-refractivity contribution in [2.75, 3.05) is 20.3 Å². The van der Waals surface area contributed by atoms with Gasteiger partial charge in [0, 0.05) is 13.7 Å². The van der Waals surface area contributed by atoms with Crippen molar-refractivity contribution in [1.29, 1.82) is 0 Å². The van der Waals surface area contributed by atoms with Crippen LogP contribution >= 0.6 is 23.0 Å². The molecular formula is C6H10INO3. The van der Waals surface area contributed by atoms with Gasteiger partial charge in [0.25, 0.3) is 0 Å². The van der Waals surface area contributed by atoms with Crippen LogP contribution in [0.3, 0.4) is 0 Å². The van der Waals surface area contributed by atoms with E-state index < -0.39 is 0 Å². The minimum absolute atomic E-state index is 0.192. The average Bonchev–Trinajstić information content (AvgIpc) is 2.53. The Balaban J connectivity index is 2.39. The molecule has 0 N–H and O–H groups in total. The van der Waals surface area contributed by atoms with Crippen molar-refractivity contribution in [2.45, 2.75) is 12.5 Å². The molecule has 0 aromatic rings. The zero-order valence-electron chi connectivity index (χ0n) is 6.25. The molecule has 4 nitrogen and oxygen atoms in total. The van der Waals surface area contributed by atoms with Crippen molar-refractivity contribution in [3.63, 3.8) is 0 Å². The molecule has 0 aliphatic carbocycles. The van der Waals surface area contributed by atoms with Crippen molar-refractivity contribution < 1.29 is 12.6 Å². The third kappa shape index (κ3) is 2.19. The van der Waals surface area contributed by atoms with Gasteiger partial charge in [0.15, 0.2) is 23.0 Å². The van der Waals surface area contributed by atoms with Crippen LogP contribution in [0.25, 0.3) is 0 Å². The number of amides is 1. The first kappa shape index (κ1) is 9.05. The maximum absolute atomic E-state index is 10.9. The molecule has 11 heavy (non-hydrogen) atoms. The number of hydrogen-bond donors (Lipinski definition) is 0. The summed E-state index contributed by atoms with van der Waals surface area (Å²) in [7, 11) is 1.72. The highest BCUT2D eigenvalue weighted by Gasteiger charge is 2.24. The molecule has 1 atom stereocenters. The smallest absolute Gasteiger partial charge is 0.379 e. The van der Waals surface area contributed by atoms with Crippen LogP contribution in [0.5, 0.6) is 0 Å². The van der Waals surface area contributed by atoms with E-state index in [2.05, 4.69) is 3.07 Å². The molecule has 1 amide bonds. The first-order chi connectivity index (χ1) is 5.25. The summed E-state index contributed by atoms with van der Waals surface area (Å²) in [6.45, 7) is 1.37. The van der Waals surface area contributed by atoms with Crippen molar-refractivity contribution >= 4 is 29.1 Å². The van der Waals surface area contributed by atoms with E-state index in [0.29, 0.717) is 6.61 Å². The van der Waals surface area contributed by atoms with Gasteiger partial charge in [-0.1, -0.05) is 0 Å². The molecule has 0 bridgehead atoms. The van der Waals surface area contributed by atoms with E-state index >= 15 is 0 Å². The van der Waals surface area contributed by atoms with E-state index in [-0.39, 0.29) is 12.1 Å². The summed E-state index contributed by atoms with van der Waals surface area (Å²) < 4.78 is 9.65. The van der Waals surface area contributed by atoms with E-state index in [4.69, 9.17) is 4.74 Å². The minimum atomic E-state index is -0.305. The van der Waals surface area contributed by atoms with Crippen LogP contribution in [0.15, 0.2) is 0 Å². The third-order valence-electron chi connectivity index (χ3n) is 1.81. The molecule has 0 aromatic carbocycles. The van der Waals surface area contributed by atoms with Crippen LogP contribution in [0, 0.1) is 0 Å². The number of rotatable bonds is 1. The van der Waals surface area contributed by atoms with Gasteiger partial charge in [0.05, 0.1) is 12.6 Å². The molecule has 64 valence electrons. The van der Waals surface area contributed by atoms with Crippen molar-refractivity contribution in [2.24, 2.45) is 0 Å². The molecule has 0 saturated carbocycles.